The smallest absolute Gasteiger partial charge is 0.180 e. The van der Waals surface area contributed by atoms with Crippen molar-refractivity contribution in [2.24, 2.45) is 0 Å². The van der Waals surface area contributed by atoms with Gasteiger partial charge in [0.05, 0.1) is 6.10 Å². The molecule has 0 amide bonds. The lowest BCUT2D eigenvalue weighted by Gasteiger charge is -2.28. The Morgan fingerprint density at radius 3 is 2.79 bits per heavy atom. The van der Waals surface area contributed by atoms with Crippen molar-refractivity contribution in [3.63, 3.8) is 0 Å². The van der Waals surface area contributed by atoms with E-state index in [1.807, 2.05) is 0 Å². The Hall–Kier alpha value is -0.640. The first kappa shape index (κ1) is 14.8. The highest BCUT2D eigenvalue weighted by atomic mass is 32.1. The van der Waals surface area contributed by atoms with Crippen molar-refractivity contribution < 1.29 is 20.1 Å². The highest BCUT2D eigenvalue weighted by Gasteiger charge is 2.52. The summed E-state index contributed by atoms with van der Waals surface area (Å²) in [7, 11) is 0. The molecule has 1 aromatic rings. The third-order valence-electron chi connectivity index (χ3n) is 3.27. The molecule has 0 saturated carbocycles. The molecule has 1 fully saturated rings. The number of nitrogens with one attached hydrogen (secondary N) is 1. The van der Waals surface area contributed by atoms with Crippen LogP contribution in [0.4, 0.5) is 0 Å². The summed E-state index contributed by atoms with van der Waals surface area (Å²) in [4.78, 5) is 2.79. The van der Waals surface area contributed by atoms with Gasteiger partial charge in [-0.3, -0.25) is 4.57 Å². The second-order valence-corrected chi connectivity index (χ2v) is 5.55. The number of aliphatic hydroxyl groups excluding tert-OH is 2. The van der Waals surface area contributed by atoms with Crippen LogP contribution >= 0.6 is 24.4 Å². The summed E-state index contributed by atoms with van der Waals surface area (Å²) in [6.07, 6.45) is -0.735. The molecule has 4 atom stereocenters. The third kappa shape index (κ3) is 2.64. The second kappa shape index (κ2) is 5.39. The second-order valence-electron chi connectivity index (χ2n) is 4.73. The molecule has 2 heterocycles. The Kier molecular flexibility index (Phi) is 4.19. The van der Waals surface area contributed by atoms with E-state index in [0.29, 0.717) is 9.41 Å². The van der Waals surface area contributed by atoms with Crippen LogP contribution in [-0.2, 0) is 4.74 Å². The first-order valence-corrected chi connectivity index (χ1v) is 6.68. The van der Waals surface area contributed by atoms with E-state index in [1.165, 1.54) is 11.5 Å². The molecular formula is C11H16N2O4S2. The monoisotopic (exact) mass is 304 g/mol. The molecule has 0 aromatic carbocycles. The average Bonchev–Trinajstić information content (AvgIpc) is 2.54. The van der Waals surface area contributed by atoms with Gasteiger partial charge >= 0.3 is 0 Å². The fourth-order valence-corrected chi connectivity index (χ4v) is 2.70. The normalized spacial score (nSPS) is 34.6. The number of aromatic amines is 1. The zero-order valence-electron chi connectivity index (χ0n) is 10.3. The van der Waals surface area contributed by atoms with Gasteiger partial charge < -0.3 is 25.0 Å². The molecule has 8 heteroatoms. The Morgan fingerprint density at radius 1 is 1.53 bits per heavy atom. The molecule has 2 rings (SSSR count). The fourth-order valence-electron chi connectivity index (χ4n) is 2.21. The van der Waals surface area contributed by atoms with Crippen LogP contribution in [0.25, 0.3) is 0 Å². The number of ether oxygens (including phenoxy) is 1. The van der Waals surface area contributed by atoms with Gasteiger partial charge in [-0.1, -0.05) is 12.2 Å². The zero-order chi connectivity index (χ0) is 14.2. The van der Waals surface area contributed by atoms with Crippen LogP contribution in [0.3, 0.4) is 0 Å². The van der Waals surface area contributed by atoms with Crippen LogP contribution in [0.5, 0.6) is 0 Å². The van der Waals surface area contributed by atoms with Crippen molar-refractivity contribution in [2.45, 2.75) is 37.4 Å². The third-order valence-corrected chi connectivity index (χ3v) is 3.82. The summed E-state index contributed by atoms with van der Waals surface area (Å²) < 4.78 is 7.90. The van der Waals surface area contributed by atoms with E-state index >= 15 is 0 Å². The number of nitrogens with zero attached hydrogens (tertiary/aromatic N) is 1. The lowest BCUT2D eigenvalue weighted by molar-refractivity contribution is -0.0971. The summed E-state index contributed by atoms with van der Waals surface area (Å²) in [5, 5.41) is 29.4. The van der Waals surface area contributed by atoms with Crippen molar-refractivity contribution in [3.8, 4) is 0 Å². The maximum absolute atomic E-state index is 10.4. The molecule has 4 N–H and O–H groups in total. The van der Waals surface area contributed by atoms with Crippen molar-refractivity contribution in [2.75, 3.05) is 6.61 Å². The summed E-state index contributed by atoms with van der Waals surface area (Å²) in [5.41, 5.74) is -1.51. The number of H-pyrrole nitrogens is 1. The van der Waals surface area contributed by atoms with Gasteiger partial charge in [-0.05, 0) is 31.6 Å². The van der Waals surface area contributed by atoms with E-state index in [1.54, 1.807) is 12.3 Å². The zero-order valence-corrected chi connectivity index (χ0v) is 11.9. The number of rotatable bonds is 3. The highest BCUT2D eigenvalue weighted by molar-refractivity contribution is 7.72. The number of aliphatic hydroxyl groups is 3. The molecule has 106 valence electrons. The predicted molar refractivity (Wildman–Crippen MR) is 72.7 cm³/mol. The molecule has 19 heavy (non-hydrogen) atoms. The largest absolute Gasteiger partial charge is 0.396 e. The van der Waals surface area contributed by atoms with Crippen molar-refractivity contribution in [3.05, 3.63) is 21.7 Å². The standard InChI is InChI=1S/C11H16N2O4S2/c1-11(16)8(15)6(3-5-14)17-9(11)13-4-2-7(18)12-10(13)19/h2,4,6,8-9,14-16H,3,5H2,1H3,(H,12,18,19)/t6?,8-,9?,11?/m0/s1. The fraction of sp³-hybridized carbons (Fsp3) is 0.636. The Balaban J connectivity index is 2.39. The Morgan fingerprint density at radius 2 is 2.21 bits per heavy atom. The molecule has 0 radical (unpaired) electrons. The lowest BCUT2D eigenvalue weighted by atomic mass is 9.95. The van der Waals surface area contributed by atoms with Crippen LogP contribution in [0.2, 0.25) is 0 Å². The van der Waals surface area contributed by atoms with E-state index in [2.05, 4.69) is 4.98 Å². The van der Waals surface area contributed by atoms with Crippen molar-refractivity contribution in [1.82, 2.24) is 9.55 Å². The lowest BCUT2D eigenvalue weighted by Crippen LogP contribution is -2.43. The molecule has 1 saturated heterocycles. The molecule has 3 unspecified atom stereocenters. The number of hydrogen-bond acceptors (Lipinski definition) is 6. The average molecular weight is 304 g/mol. The van der Waals surface area contributed by atoms with Gasteiger partial charge in [-0.25, -0.2) is 0 Å². The van der Waals surface area contributed by atoms with Gasteiger partial charge in [-0.2, -0.15) is 0 Å². The number of hydrogen-bond donors (Lipinski definition) is 4. The van der Waals surface area contributed by atoms with Gasteiger partial charge in [0.15, 0.2) is 11.0 Å². The molecule has 0 spiro atoms. The van der Waals surface area contributed by atoms with Crippen LogP contribution in [0, 0.1) is 9.41 Å². The number of aromatic nitrogens is 2. The van der Waals surface area contributed by atoms with Gasteiger partial charge in [-0.15, -0.1) is 0 Å². The van der Waals surface area contributed by atoms with E-state index in [4.69, 9.17) is 34.3 Å². The van der Waals surface area contributed by atoms with Crippen molar-refractivity contribution in [1.29, 1.82) is 0 Å². The van der Waals surface area contributed by atoms with Crippen LogP contribution in [0.1, 0.15) is 19.6 Å². The quantitative estimate of drug-likeness (QED) is 0.614. The highest BCUT2D eigenvalue weighted by Crippen LogP contribution is 2.39. The minimum atomic E-state index is -1.51. The maximum Gasteiger partial charge on any atom is 0.180 e. The molecule has 0 aliphatic carbocycles. The van der Waals surface area contributed by atoms with Gasteiger partial charge in [0.25, 0.3) is 0 Å². The first-order valence-electron chi connectivity index (χ1n) is 5.86. The van der Waals surface area contributed by atoms with E-state index in [9.17, 15) is 10.2 Å². The van der Waals surface area contributed by atoms with Crippen LogP contribution in [-0.4, -0.2) is 49.3 Å². The van der Waals surface area contributed by atoms with E-state index in [-0.39, 0.29) is 13.0 Å². The summed E-state index contributed by atoms with van der Waals surface area (Å²) in [6.45, 7) is 1.34. The molecule has 1 aliphatic rings. The molecular weight excluding hydrogens is 288 g/mol. The van der Waals surface area contributed by atoms with Gasteiger partial charge in [0, 0.05) is 12.8 Å². The molecule has 0 bridgehead atoms. The summed E-state index contributed by atoms with van der Waals surface area (Å²) >= 11 is 10.1. The molecule has 6 nitrogen and oxygen atoms in total. The van der Waals surface area contributed by atoms with Crippen LogP contribution < -0.4 is 0 Å². The summed E-state index contributed by atoms with van der Waals surface area (Å²) in [5.74, 6) is 0. The van der Waals surface area contributed by atoms with E-state index in [0.717, 1.165) is 0 Å². The SMILES string of the molecule is CC1(O)C(n2ccc(=S)[nH]c2=S)OC(CCO)[C@@H]1O. The van der Waals surface area contributed by atoms with Gasteiger partial charge in [0.1, 0.15) is 16.3 Å². The molecule has 1 aromatic heterocycles. The van der Waals surface area contributed by atoms with Crippen LogP contribution in [0.15, 0.2) is 12.3 Å². The summed E-state index contributed by atoms with van der Waals surface area (Å²) in [6, 6.07) is 1.62. The minimum Gasteiger partial charge on any atom is -0.396 e. The van der Waals surface area contributed by atoms with E-state index < -0.39 is 24.0 Å². The predicted octanol–water partition coefficient (Wildman–Crippen LogP) is 0.667. The van der Waals surface area contributed by atoms with Crippen molar-refractivity contribution >= 4 is 24.4 Å². The minimum absolute atomic E-state index is 0.132. The Labute approximate surface area is 120 Å². The van der Waals surface area contributed by atoms with Gasteiger partial charge in [0.2, 0.25) is 0 Å². The Bertz CT molecular complexity index is 568. The molecule has 1 aliphatic heterocycles. The maximum atomic E-state index is 10.4. The topological polar surface area (TPSA) is 90.6 Å². The first-order chi connectivity index (χ1) is 8.87.